The fraction of sp³-hybridized carbons (Fsp3) is 0.571. The molecule has 0 aliphatic rings. The Hall–Kier alpha value is -0.990. The molecule has 58 valence electrons. The van der Waals surface area contributed by atoms with Crippen molar-refractivity contribution in [1.29, 1.82) is 0 Å². The number of hydrogen-bond acceptors (Lipinski definition) is 2. The summed E-state index contributed by atoms with van der Waals surface area (Å²) in [6.45, 7) is 4.81. The van der Waals surface area contributed by atoms with Gasteiger partial charge in [0, 0.05) is 6.54 Å². The van der Waals surface area contributed by atoms with E-state index in [4.69, 9.17) is 4.74 Å². The average Bonchev–Trinajstić information content (AvgIpc) is 1.97. The second kappa shape index (κ2) is 8.01. The lowest BCUT2D eigenvalue weighted by Crippen LogP contribution is -2.12. The molecule has 10 heavy (non-hydrogen) atoms. The number of carbonyl (C=O) groups is 1. The molecule has 3 nitrogen and oxygen atoms in total. The van der Waals surface area contributed by atoms with Gasteiger partial charge in [-0.25, -0.2) is 0 Å². The van der Waals surface area contributed by atoms with Crippen molar-refractivity contribution in [2.24, 2.45) is 0 Å². The maximum atomic E-state index is 9.74. The summed E-state index contributed by atoms with van der Waals surface area (Å²) in [4.78, 5) is 9.74. The second-order valence-electron chi connectivity index (χ2n) is 1.82. The molecule has 0 saturated heterocycles. The molecule has 0 aliphatic carbocycles. The van der Waals surface area contributed by atoms with Gasteiger partial charge < -0.3 is 10.1 Å². The van der Waals surface area contributed by atoms with Gasteiger partial charge in [0.15, 0.2) is 0 Å². The summed E-state index contributed by atoms with van der Waals surface area (Å²) >= 11 is 0. The van der Waals surface area contributed by atoms with E-state index in [0.29, 0.717) is 13.0 Å². The molecule has 0 atom stereocenters. The molecule has 0 heterocycles. The highest BCUT2D eigenvalue weighted by Gasteiger charge is 1.85. The summed E-state index contributed by atoms with van der Waals surface area (Å²) in [5, 5.41) is 2.56. The van der Waals surface area contributed by atoms with Crippen LogP contribution in [0.2, 0.25) is 0 Å². The third-order valence-corrected chi connectivity index (χ3v) is 1.03. The first-order valence-corrected chi connectivity index (χ1v) is 3.31. The van der Waals surface area contributed by atoms with Crippen molar-refractivity contribution in [3.63, 3.8) is 0 Å². The van der Waals surface area contributed by atoms with E-state index in [-0.39, 0.29) is 0 Å². The number of ether oxygens (including phenoxy) is 1. The molecule has 0 aromatic rings. The van der Waals surface area contributed by atoms with Crippen LogP contribution in [-0.2, 0) is 9.53 Å². The van der Waals surface area contributed by atoms with E-state index < -0.39 is 0 Å². The predicted octanol–water partition coefficient (Wildman–Crippen LogP) is 0.673. The van der Waals surface area contributed by atoms with E-state index in [1.165, 1.54) is 6.26 Å². The number of rotatable bonds is 7. The largest absolute Gasteiger partial charge is 0.502 e. The molecule has 0 aromatic carbocycles. The predicted molar refractivity (Wildman–Crippen MR) is 39.4 cm³/mol. The zero-order chi connectivity index (χ0) is 7.66. The third-order valence-electron chi connectivity index (χ3n) is 1.03. The molecule has 0 saturated carbocycles. The number of amides is 1. The van der Waals surface area contributed by atoms with Gasteiger partial charge in [-0.1, -0.05) is 6.58 Å². The highest BCUT2D eigenvalue weighted by atomic mass is 16.5. The van der Waals surface area contributed by atoms with Crippen LogP contribution in [-0.4, -0.2) is 19.6 Å². The fourth-order valence-corrected chi connectivity index (χ4v) is 0.555. The summed E-state index contributed by atoms with van der Waals surface area (Å²) < 4.78 is 4.86. The standard InChI is InChI=1S/C7H13NO2/c1-2-10-6-4-3-5-8-7-9/h2,7H,1,3-6H2,(H,8,9). The Morgan fingerprint density at radius 2 is 2.30 bits per heavy atom. The lowest BCUT2D eigenvalue weighted by molar-refractivity contribution is -0.109. The minimum Gasteiger partial charge on any atom is -0.502 e. The molecule has 0 aromatic heterocycles. The van der Waals surface area contributed by atoms with Crippen LogP contribution >= 0.6 is 0 Å². The molecule has 0 aliphatic heterocycles. The van der Waals surface area contributed by atoms with Crippen LogP contribution in [0.3, 0.4) is 0 Å². The van der Waals surface area contributed by atoms with Crippen molar-refractivity contribution in [1.82, 2.24) is 5.32 Å². The summed E-state index contributed by atoms with van der Waals surface area (Å²) in [5.41, 5.74) is 0. The SMILES string of the molecule is C=COCCCCNC=O. The zero-order valence-corrected chi connectivity index (χ0v) is 6.01. The molecule has 0 unspecified atom stereocenters. The monoisotopic (exact) mass is 143 g/mol. The Morgan fingerprint density at radius 1 is 1.50 bits per heavy atom. The van der Waals surface area contributed by atoms with E-state index in [1.807, 2.05) is 0 Å². The van der Waals surface area contributed by atoms with Gasteiger partial charge in [0.2, 0.25) is 6.41 Å². The van der Waals surface area contributed by atoms with Gasteiger partial charge in [-0.3, -0.25) is 4.79 Å². The fourth-order valence-electron chi connectivity index (χ4n) is 0.555. The highest BCUT2D eigenvalue weighted by molar-refractivity contribution is 5.45. The van der Waals surface area contributed by atoms with Crippen LogP contribution in [0, 0.1) is 0 Å². The van der Waals surface area contributed by atoms with E-state index in [1.54, 1.807) is 0 Å². The number of hydrogen-bond donors (Lipinski definition) is 1. The average molecular weight is 143 g/mol. The molecule has 1 amide bonds. The first kappa shape index (κ1) is 9.01. The van der Waals surface area contributed by atoms with Gasteiger partial charge in [-0.15, -0.1) is 0 Å². The number of carbonyl (C=O) groups excluding carboxylic acids is 1. The Balaban J connectivity index is 2.76. The van der Waals surface area contributed by atoms with E-state index >= 15 is 0 Å². The number of unbranched alkanes of at least 4 members (excludes halogenated alkanes) is 1. The van der Waals surface area contributed by atoms with Gasteiger partial charge in [0.25, 0.3) is 0 Å². The maximum Gasteiger partial charge on any atom is 0.207 e. The minimum atomic E-state index is 0.685. The van der Waals surface area contributed by atoms with Crippen LogP contribution in [0.15, 0.2) is 12.8 Å². The van der Waals surface area contributed by atoms with Gasteiger partial charge in [0.1, 0.15) is 0 Å². The van der Waals surface area contributed by atoms with Crippen molar-refractivity contribution in [2.45, 2.75) is 12.8 Å². The molecular formula is C7H13NO2. The molecule has 0 radical (unpaired) electrons. The summed E-state index contributed by atoms with van der Waals surface area (Å²) in [6.07, 6.45) is 4.03. The van der Waals surface area contributed by atoms with Crippen LogP contribution in [0.25, 0.3) is 0 Å². The highest BCUT2D eigenvalue weighted by Crippen LogP contribution is 1.87. The van der Waals surface area contributed by atoms with Crippen molar-refractivity contribution >= 4 is 6.41 Å². The minimum absolute atomic E-state index is 0.685. The van der Waals surface area contributed by atoms with E-state index in [0.717, 1.165) is 19.4 Å². The Kier molecular flexibility index (Phi) is 7.22. The summed E-state index contributed by atoms with van der Waals surface area (Å²) in [5.74, 6) is 0. The molecule has 0 spiro atoms. The van der Waals surface area contributed by atoms with Crippen LogP contribution < -0.4 is 5.32 Å². The molecule has 1 N–H and O–H groups in total. The Labute approximate surface area is 61.1 Å². The Morgan fingerprint density at radius 3 is 2.90 bits per heavy atom. The van der Waals surface area contributed by atoms with E-state index in [9.17, 15) is 4.79 Å². The maximum absolute atomic E-state index is 9.74. The van der Waals surface area contributed by atoms with Gasteiger partial charge in [0.05, 0.1) is 12.9 Å². The lowest BCUT2D eigenvalue weighted by atomic mass is 10.3. The zero-order valence-electron chi connectivity index (χ0n) is 6.01. The molecule has 3 heteroatoms. The lowest BCUT2D eigenvalue weighted by Gasteiger charge is -1.98. The first-order chi connectivity index (χ1) is 4.91. The van der Waals surface area contributed by atoms with Crippen molar-refractivity contribution in [2.75, 3.05) is 13.2 Å². The Bertz CT molecular complexity index is 81.6. The van der Waals surface area contributed by atoms with Crippen LogP contribution in [0.4, 0.5) is 0 Å². The normalized spacial score (nSPS) is 8.40. The summed E-state index contributed by atoms with van der Waals surface area (Å²) in [7, 11) is 0. The van der Waals surface area contributed by atoms with Crippen LogP contribution in [0.5, 0.6) is 0 Å². The smallest absolute Gasteiger partial charge is 0.207 e. The number of nitrogens with one attached hydrogen (secondary N) is 1. The van der Waals surface area contributed by atoms with Crippen molar-refractivity contribution < 1.29 is 9.53 Å². The topological polar surface area (TPSA) is 38.3 Å². The van der Waals surface area contributed by atoms with Crippen molar-refractivity contribution in [3.8, 4) is 0 Å². The van der Waals surface area contributed by atoms with Gasteiger partial charge in [-0.05, 0) is 12.8 Å². The molecule has 0 bridgehead atoms. The van der Waals surface area contributed by atoms with Crippen molar-refractivity contribution in [3.05, 3.63) is 12.8 Å². The molecule has 0 fully saturated rings. The first-order valence-electron chi connectivity index (χ1n) is 3.31. The molecular weight excluding hydrogens is 130 g/mol. The van der Waals surface area contributed by atoms with Crippen LogP contribution in [0.1, 0.15) is 12.8 Å². The van der Waals surface area contributed by atoms with Gasteiger partial charge >= 0.3 is 0 Å². The quantitative estimate of drug-likeness (QED) is 0.323. The summed E-state index contributed by atoms with van der Waals surface area (Å²) in [6, 6.07) is 0. The molecule has 0 rings (SSSR count). The van der Waals surface area contributed by atoms with E-state index in [2.05, 4.69) is 11.9 Å². The van der Waals surface area contributed by atoms with Gasteiger partial charge in [-0.2, -0.15) is 0 Å². The third kappa shape index (κ3) is 7.01. The second-order valence-corrected chi connectivity index (χ2v) is 1.82.